The van der Waals surface area contributed by atoms with Gasteiger partial charge in [-0.15, -0.1) is 0 Å². The molecule has 1 rings (SSSR count). The Morgan fingerprint density at radius 2 is 2.33 bits per heavy atom. The van der Waals surface area contributed by atoms with Gasteiger partial charge in [-0.1, -0.05) is 12.1 Å². The van der Waals surface area contributed by atoms with Gasteiger partial charge in [-0.05, 0) is 30.7 Å². The molecule has 0 amide bonds. The second-order valence-electron chi connectivity index (χ2n) is 3.17. The predicted octanol–water partition coefficient (Wildman–Crippen LogP) is 0.912. The fraction of sp³-hybridized carbons (Fsp3) is 0.364. The SMILES string of the molecule is COc1cccc(CCNCC(=O)O)c1. The third-order valence-electron chi connectivity index (χ3n) is 2.00. The Morgan fingerprint density at radius 1 is 1.53 bits per heavy atom. The van der Waals surface area contributed by atoms with Crippen molar-refractivity contribution < 1.29 is 14.6 Å². The number of methoxy groups -OCH3 is 1. The number of aliphatic carboxylic acids is 1. The number of hydrogen-bond acceptors (Lipinski definition) is 3. The fourth-order valence-electron chi connectivity index (χ4n) is 1.26. The van der Waals surface area contributed by atoms with Gasteiger partial charge < -0.3 is 15.2 Å². The number of nitrogens with one attached hydrogen (secondary N) is 1. The van der Waals surface area contributed by atoms with E-state index in [4.69, 9.17) is 9.84 Å². The fourth-order valence-corrected chi connectivity index (χ4v) is 1.26. The van der Waals surface area contributed by atoms with Crippen molar-refractivity contribution in [2.75, 3.05) is 20.2 Å². The minimum Gasteiger partial charge on any atom is -0.497 e. The molecule has 4 heteroatoms. The molecule has 0 fully saturated rings. The zero-order valence-electron chi connectivity index (χ0n) is 8.69. The second-order valence-corrected chi connectivity index (χ2v) is 3.17. The maximum absolute atomic E-state index is 10.2. The predicted molar refractivity (Wildman–Crippen MR) is 57.2 cm³/mol. The molecule has 0 aliphatic heterocycles. The molecule has 2 N–H and O–H groups in total. The van der Waals surface area contributed by atoms with Crippen LogP contribution in [0.3, 0.4) is 0 Å². The van der Waals surface area contributed by atoms with Crippen LogP contribution in [-0.2, 0) is 11.2 Å². The summed E-state index contributed by atoms with van der Waals surface area (Å²) in [5.41, 5.74) is 1.13. The average Bonchev–Trinajstić information content (AvgIpc) is 2.24. The maximum atomic E-state index is 10.2. The second kappa shape index (κ2) is 6.03. The van der Waals surface area contributed by atoms with E-state index in [-0.39, 0.29) is 6.54 Å². The molecule has 0 saturated heterocycles. The van der Waals surface area contributed by atoms with Gasteiger partial charge in [0.05, 0.1) is 13.7 Å². The standard InChI is InChI=1S/C11H15NO3/c1-15-10-4-2-3-9(7-10)5-6-12-8-11(13)14/h2-4,7,12H,5-6,8H2,1H3,(H,13,14). The van der Waals surface area contributed by atoms with Gasteiger partial charge in [0.15, 0.2) is 0 Å². The quantitative estimate of drug-likeness (QED) is 0.684. The summed E-state index contributed by atoms with van der Waals surface area (Å²) in [6.07, 6.45) is 0.796. The highest BCUT2D eigenvalue weighted by atomic mass is 16.5. The third kappa shape index (κ3) is 4.46. The summed E-state index contributed by atoms with van der Waals surface area (Å²) < 4.78 is 5.08. The summed E-state index contributed by atoms with van der Waals surface area (Å²) in [6.45, 7) is 0.656. The van der Waals surface area contributed by atoms with Crippen molar-refractivity contribution in [2.24, 2.45) is 0 Å². The normalized spacial score (nSPS) is 9.93. The maximum Gasteiger partial charge on any atom is 0.317 e. The summed E-state index contributed by atoms with van der Waals surface area (Å²) in [7, 11) is 1.63. The smallest absolute Gasteiger partial charge is 0.317 e. The average molecular weight is 209 g/mol. The summed E-state index contributed by atoms with van der Waals surface area (Å²) in [4.78, 5) is 10.2. The van der Waals surface area contributed by atoms with Gasteiger partial charge in [0.2, 0.25) is 0 Å². The molecule has 0 radical (unpaired) electrons. The Morgan fingerprint density at radius 3 is 3.00 bits per heavy atom. The van der Waals surface area contributed by atoms with Crippen molar-refractivity contribution >= 4 is 5.97 Å². The molecular formula is C11H15NO3. The molecule has 0 heterocycles. The highest BCUT2D eigenvalue weighted by Gasteiger charge is 1.97. The molecule has 15 heavy (non-hydrogen) atoms. The van der Waals surface area contributed by atoms with Crippen LogP contribution in [0.1, 0.15) is 5.56 Å². The van der Waals surface area contributed by atoms with Crippen LogP contribution in [0.4, 0.5) is 0 Å². The van der Waals surface area contributed by atoms with E-state index in [9.17, 15) is 4.79 Å². The Labute approximate surface area is 88.9 Å². The Hall–Kier alpha value is -1.55. The van der Waals surface area contributed by atoms with E-state index in [2.05, 4.69) is 5.32 Å². The van der Waals surface area contributed by atoms with Gasteiger partial charge in [0.1, 0.15) is 5.75 Å². The van der Waals surface area contributed by atoms with Gasteiger partial charge in [0, 0.05) is 0 Å². The first-order valence-corrected chi connectivity index (χ1v) is 4.78. The number of carbonyl (C=O) groups is 1. The molecule has 0 unspecified atom stereocenters. The lowest BCUT2D eigenvalue weighted by Gasteiger charge is -2.04. The molecule has 0 saturated carbocycles. The van der Waals surface area contributed by atoms with Crippen molar-refractivity contribution in [2.45, 2.75) is 6.42 Å². The van der Waals surface area contributed by atoms with Crippen molar-refractivity contribution in [3.63, 3.8) is 0 Å². The summed E-state index contributed by atoms with van der Waals surface area (Å²) in [6, 6.07) is 7.74. The van der Waals surface area contributed by atoms with Gasteiger partial charge in [-0.25, -0.2) is 0 Å². The van der Waals surface area contributed by atoms with Crippen LogP contribution in [0, 0.1) is 0 Å². The Kier molecular flexibility index (Phi) is 4.63. The number of hydrogen-bond donors (Lipinski definition) is 2. The van der Waals surface area contributed by atoms with E-state index in [0.717, 1.165) is 17.7 Å². The molecule has 0 aliphatic rings. The molecular weight excluding hydrogens is 194 g/mol. The minimum absolute atomic E-state index is 0.00394. The molecule has 4 nitrogen and oxygen atoms in total. The van der Waals surface area contributed by atoms with Crippen LogP contribution in [-0.4, -0.2) is 31.3 Å². The Bertz CT molecular complexity index is 325. The molecule has 0 spiro atoms. The van der Waals surface area contributed by atoms with Gasteiger partial charge >= 0.3 is 5.97 Å². The van der Waals surface area contributed by atoms with E-state index in [0.29, 0.717) is 6.54 Å². The minimum atomic E-state index is -0.833. The molecule has 1 aromatic rings. The topological polar surface area (TPSA) is 58.6 Å². The van der Waals surface area contributed by atoms with Crippen LogP contribution in [0.25, 0.3) is 0 Å². The van der Waals surface area contributed by atoms with Crippen LogP contribution < -0.4 is 10.1 Å². The van der Waals surface area contributed by atoms with E-state index >= 15 is 0 Å². The zero-order valence-corrected chi connectivity index (χ0v) is 8.69. The highest BCUT2D eigenvalue weighted by molar-refractivity contribution is 5.68. The number of benzene rings is 1. The number of carboxylic acids is 1. The molecule has 0 aromatic heterocycles. The van der Waals surface area contributed by atoms with Gasteiger partial charge in [-0.3, -0.25) is 4.79 Å². The van der Waals surface area contributed by atoms with Gasteiger partial charge in [0.25, 0.3) is 0 Å². The van der Waals surface area contributed by atoms with Crippen molar-refractivity contribution in [1.29, 1.82) is 0 Å². The molecule has 0 aliphatic carbocycles. The summed E-state index contributed by atoms with van der Waals surface area (Å²) in [5, 5.41) is 11.2. The molecule has 82 valence electrons. The number of ether oxygens (including phenoxy) is 1. The van der Waals surface area contributed by atoms with E-state index in [1.54, 1.807) is 7.11 Å². The molecule has 0 bridgehead atoms. The first-order chi connectivity index (χ1) is 7.22. The van der Waals surface area contributed by atoms with Crippen LogP contribution in [0.2, 0.25) is 0 Å². The number of rotatable bonds is 6. The lowest BCUT2D eigenvalue weighted by atomic mass is 10.1. The van der Waals surface area contributed by atoms with Crippen molar-refractivity contribution in [1.82, 2.24) is 5.32 Å². The van der Waals surface area contributed by atoms with E-state index in [1.165, 1.54) is 0 Å². The largest absolute Gasteiger partial charge is 0.497 e. The first kappa shape index (κ1) is 11.5. The molecule has 0 atom stereocenters. The highest BCUT2D eigenvalue weighted by Crippen LogP contribution is 2.12. The molecule has 1 aromatic carbocycles. The van der Waals surface area contributed by atoms with Crippen molar-refractivity contribution in [3.8, 4) is 5.75 Å². The summed E-state index contributed by atoms with van der Waals surface area (Å²) in [5.74, 6) is -0.00798. The van der Waals surface area contributed by atoms with Crippen LogP contribution >= 0.6 is 0 Å². The van der Waals surface area contributed by atoms with Crippen LogP contribution in [0.15, 0.2) is 24.3 Å². The van der Waals surface area contributed by atoms with E-state index in [1.807, 2.05) is 24.3 Å². The van der Waals surface area contributed by atoms with Crippen molar-refractivity contribution in [3.05, 3.63) is 29.8 Å². The number of carboxylic acid groups (broad SMARTS) is 1. The van der Waals surface area contributed by atoms with Gasteiger partial charge in [-0.2, -0.15) is 0 Å². The zero-order chi connectivity index (χ0) is 11.1. The van der Waals surface area contributed by atoms with E-state index < -0.39 is 5.97 Å². The first-order valence-electron chi connectivity index (χ1n) is 4.78. The lowest BCUT2D eigenvalue weighted by Crippen LogP contribution is -2.24. The van der Waals surface area contributed by atoms with Crippen LogP contribution in [0.5, 0.6) is 5.75 Å². The lowest BCUT2D eigenvalue weighted by molar-refractivity contribution is -0.135. The summed E-state index contributed by atoms with van der Waals surface area (Å²) >= 11 is 0. The Balaban J connectivity index is 2.33. The third-order valence-corrected chi connectivity index (χ3v) is 2.00. The monoisotopic (exact) mass is 209 g/mol.